The molecule has 1 amide bonds. The van der Waals surface area contributed by atoms with Crippen molar-refractivity contribution >= 4 is 27.7 Å². The van der Waals surface area contributed by atoms with E-state index in [2.05, 4.69) is 5.32 Å². The third kappa shape index (κ3) is 5.61. The molecule has 2 aromatic carbocycles. The number of benzene rings is 2. The number of hydrogen-bond acceptors (Lipinski definition) is 5. The lowest BCUT2D eigenvalue weighted by Crippen LogP contribution is -2.31. The molecule has 0 bridgehead atoms. The van der Waals surface area contributed by atoms with Crippen LogP contribution in [0, 0.1) is 6.92 Å². The lowest BCUT2D eigenvalue weighted by Gasteiger charge is -2.20. The second-order valence-corrected chi connectivity index (χ2v) is 8.44. The van der Waals surface area contributed by atoms with E-state index in [4.69, 9.17) is 9.47 Å². The molecule has 0 heterocycles. The van der Waals surface area contributed by atoms with Gasteiger partial charge >= 0.3 is 0 Å². The molecule has 0 unspecified atom stereocenters. The predicted octanol–water partition coefficient (Wildman–Crippen LogP) is 3.69. The summed E-state index contributed by atoms with van der Waals surface area (Å²) in [6.07, 6.45) is 2.99. The number of hydrogen-bond donors (Lipinski definition) is 1. The fourth-order valence-electron chi connectivity index (χ4n) is 2.94. The SMILES string of the molecule is CCN(CC)S(=O)(=O)c1cc(NC(=O)/C=C/c2cc(OC)cc(OC)c2)ccc1C. The highest BCUT2D eigenvalue weighted by Crippen LogP contribution is 2.25. The molecule has 0 aliphatic heterocycles. The lowest BCUT2D eigenvalue weighted by molar-refractivity contribution is -0.111. The lowest BCUT2D eigenvalue weighted by atomic mass is 10.2. The Labute approximate surface area is 178 Å². The number of carbonyl (C=O) groups is 1. The number of ether oxygens (including phenoxy) is 2. The van der Waals surface area contributed by atoms with Crippen LogP contribution in [0.2, 0.25) is 0 Å². The summed E-state index contributed by atoms with van der Waals surface area (Å²) in [5.74, 6) is 0.838. The fraction of sp³-hybridized carbons (Fsp3) is 0.318. The average molecular weight is 433 g/mol. The molecule has 0 fully saturated rings. The van der Waals surface area contributed by atoms with E-state index in [1.165, 1.54) is 16.4 Å². The van der Waals surface area contributed by atoms with Gasteiger partial charge in [0.25, 0.3) is 0 Å². The van der Waals surface area contributed by atoms with Gasteiger partial charge in [0.15, 0.2) is 0 Å². The molecule has 2 rings (SSSR count). The molecule has 162 valence electrons. The zero-order chi connectivity index (χ0) is 22.3. The maximum absolute atomic E-state index is 12.9. The maximum atomic E-state index is 12.9. The van der Waals surface area contributed by atoms with E-state index in [0.29, 0.717) is 35.8 Å². The molecule has 0 aliphatic carbocycles. The topological polar surface area (TPSA) is 84.9 Å². The Hall–Kier alpha value is -2.84. The van der Waals surface area contributed by atoms with Gasteiger partial charge in [-0.2, -0.15) is 4.31 Å². The Morgan fingerprint density at radius 2 is 1.63 bits per heavy atom. The number of nitrogens with zero attached hydrogens (tertiary/aromatic N) is 1. The van der Waals surface area contributed by atoms with Crippen molar-refractivity contribution in [3.63, 3.8) is 0 Å². The second kappa shape index (κ2) is 10.3. The Bertz CT molecular complexity index is 1010. The smallest absolute Gasteiger partial charge is 0.248 e. The average Bonchev–Trinajstić information content (AvgIpc) is 2.73. The standard InChI is InChI=1S/C22H28N2O5S/c1-6-24(7-2)30(26,27)21-14-18(10-8-16(21)3)23-22(25)11-9-17-12-19(28-4)15-20(13-17)29-5/h8-15H,6-7H2,1-5H3,(H,23,25)/b11-9+. The zero-order valence-corrected chi connectivity index (χ0v) is 18.7. The summed E-state index contributed by atoms with van der Waals surface area (Å²) in [6.45, 7) is 6.07. The van der Waals surface area contributed by atoms with Gasteiger partial charge < -0.3 is 14.8 Å². The van der Waals surface area contributed by atoms with E-state index in [-0.39, 0.29) is 10.8 Å². The number of carbonyl (C=O) groups excluding carboxylic acids is 1. The highest BCUT2D eigenvalue weighted by atomic mass is 32.2. The minimum Gasteiger partial charge on any atom is -0.497 e. The van der Waals surface area contributed by atoms with Crippen LogP contribution in [0.1, 0.15) is 25.0 Å². The van der Waals surface area contributed by atoms with Crippen LogP contribution < -0.4 is 14.8 Å². The normalized spacial score (nSPS) is 11.7. The van der Waals surface area contributed by atoms with E-state index in [0.717, 1.165) is 5.56 Å². The quantitative estimate of drug-likeness (QED) is 0.611. The second-order valence-electron chi connectivity index (χ2n) is 6.54. The summed E-state index contributed by atoms with van der Waals surface area (Å²) < 4.78 is 37.5. The van der Waals surface area contributed by atoms with Gasteiger partial charge in [-0.1, -0.05) is 19.9 Å². The van der Waals surface area contributed by atoms with Crippen LogP contribution in [0.4, 0.5) is 5.69 Å². The minimum atomic E-state index is -3.62. The molecule has 7 nitrogen and oxygen atoms in total. The van der Waals surface area contributed by atoms with Gasteiger partial charge in [-0.15, -0.1) is 0 Å². The van der Waals surface area contributed by atoms with Crippen LogP contribution in [0.5, 0.6) is 11.5 Å². The first-order valence-corrected chi connectivity index (χ1v) is 11.0. The van der Waals surface area contributed by atoms with Gasteiger partial charge in [-0.3, -0.25) is 4.79 Å². The summed E-state index contributed by atoms with van der Waals surface area (Å²) in [5.41, 5.74) is 1.76. The molecule has 0 aromatic heterocycles. The molecular weight excluding hydrogens is 404 g/mol. The van der Waals surface area contributed by atoms with E-state index in [1.807, 2.05) is 0 Å². The number of rotatable bonds is 9. The molecule has 0 saturated heterocycles. The van der Waals surface area contributed by atoms with E-state index in [9.17, 15) is 13.2 Å². The Morgan fingerprint density at radius 3 is 2.17 bits per heavy atom. The van der Waals surface area contributed by atoms with Gasteiger partial charge in [0, 0.05) is 30.9 Å². The van der Waals surface area contributed by atoms with E-state index >= 15 is 0 Å². The zero-order valence-electron chi connectivity index (χ0n) is 17.9. The molecule has 0 atom stereocenters. The number of sulfonamides is 1. The molecule has 0 radical (unpaired) electrons. The van der Waals surface area contributed by atoms with Gasteiger partial charge in [-0.25, -0.2) is 8.42 Å². The number of amides is 1. The molecular formula is C22H28N2O5S. The summed E-state index contributed by atoms with van der Waals surface area (Å²) in [4.78, 5) is 12.6. The van der Waals surface area contributed by atoms with Crippen LogP contribution in [0.3, 0.4) is 0 Å². The number of methoxy groups -OCH3 is 2. The van der Waals surface area contributed by atoms with Crippen LogP contribution in [0.15, 0.2) is 47.4 Å². The van der Waals surface area contributed by atoms with Crippen molar-refractivity contribution in [3.05, 3.63) is 53.6 Å². The Kier molecular flexibility index (Phi) is 8.02. The number of aryl methyl sites for hydroxylation is 1. The summed E-state index contributed by atoms with van der Waals surface area (Å²) in [5, 5.41) is 2.71. The van der Waals surface area contributed by atoms with Crippen molar-refractivity contribution < 1.29 is 22.7 Å². The van der Waals surface area contributed by atoms with Crippen molar-refractivity contribution in [3.8, 4) is 11.5 Å². The van der Waals surface area contributed by atoms with E-state index < -0.39 is 10.0 Å². The molecule has 0 spiro atoms. The van der Waals surface area contributed by atoms with E-state index in [1.54, 1.807) is 71.4 Å². The van der Waals surface area contributed by atoms with Crippen molar-refractivity contribution in [1.82, 2.24) is 4.31 Å². The van der Waals surface area contributed by atoms with Crippen LogP contribution in [0.25, 0.3) is 6.08 Å². The fourth-order valence-corrected chi connectivity index (χ4v) is 4.65. The highest BCUT2D eigenvalue weighted by Gasteiger charge is 2.23. The van der Waals surface area contributed by atoms with Crippen molar-refractivity contribution in [1.29, 1.82) is 0 Å². The van der Waals surface area contributed by atoms with Crippen LogP contribution >= 0.6 is 0 Å². The monoisotopic (exact) mass is 432 g/mol. The third-order valence-corrected chi connectivity index (χ3v) is 6.77. The molecule has 0 saturated carbocycles. The van der Waals surface area contributed by atoms with Crippen molar-refractivity contribution in [2.24, 2.45) is 0 Å². The first kappa shape index (κ1) is 23.4. The van der Waals surface area contributed by atoms with Gasteiger partial charge in [0.2, 0.25) is 15.9 Å². The van der Waals surface area contributed by atoms with Gasteiger partial charge in [0.1, 0.15) is 11.5 Å². The largest absolute Gasteiger partial charge is 0.497 e. The first-order valence-electron chi connectivity index (χ1n) is 9.58. The molecule has 8 heteroatoms. The van der Waals surface area contributed by atoms with Crippen molar-refractivity contribution in [2.75, 3.05) is 32.6 Å². The minimum absolute atomic E-state index is 0.186. The van der Waals surface area contributed by atoms with Gasteiger partial charge in [0.05, 0.1) is 19.1 Å². The van der Waals surface area contributed by atoms with Crippen LogP contribution in [-0.4, -0.2) is 45.9 Å². The molecule has 1 N–H and O–H groups in total. The Morgan fingerprint density at radius 1 is 1.03 bits per heavy atom. The number of nitrogens with one attached hydrogen (secondary N) is 1. The number of anilines is 1. The summed E-state index contributed by atoms with van der Waals surface area (Å²) in [7, 11) is -0.521. The molecule has 2 aromatic rings. The third-order valence-electron chi connectivity index (χ3n) is 4.58. The van der Waals surface area contributed by atoms with Gasteiger partial charge in [-0.05, 0) is 48.4 Å². The summed E-state index contributed by atoms with van der Waals surface area (Å²) in [6, 6.07) is 10.1. The predicted molar refractivity (Wildman–Crippen MR) is 118 cm³/mol. The summed E-state index contributed by atoms with van der Waals surface area (Å²) >= 11 is 0. The van der Waals surface area contributed by atoms with Crippen LogP contribution in [-0.2, 0) is 14.8 Å². The highest BCUT2D eigenvalue weighted by molar-refractivity contribution is 7.89. The Balaban J connectivity index is 2.23. The molecule has 30 heavy (non-hydrogen) atoms. The maximum Gasteiger partial charge on any atom is 0.248 e. The first-order chi connectivity index (χ1) is 14.2. The van der Waals surface area contributed by atoms with Crippen molar-refractivity contribution in [2.45, 2.75) is 25.7 Å². The molecule has 0 aliphatic rings.